The second-order valence-electron chi connectivity index (χ2n) is 22.0. The zero-order valence-corrected chi connectivity index (χ0v) is 40.3. The monoisotopic (exact) mass is 854 g/mol. The second-order valence-corrected chi connectivity index (χ2v) is 22.0. The van der Waals surface area contributed by atoms with Crippen molar-refractivity contribution in [3.63, 3.8) is 0 Å². The number of nitrogens with two attached hydrogens (primary N) is 1. The first kappa shape index (κ1) is 43.5. The van der Waals surface area contributed by atoms with E-state index in [1.165, 1.54) is 22.3 Å². The van der Waals surface area contributed by atoms with Gasteiger partial charge in [-0.3, -0.25) is 0 Å². The molecular weight excluding hydrogens is 791 g/mol. The predicted molar refractivity (Wildman–Crippen MR) is 279 cm³/mol. The summed E-state index contributed by atoms with van der Waals surface area (Å²) in [4.78, 5) is 18.9. The summed E-state index contributed by atoms with van der Waals surface area (Å²) in [5.41, 5.74) is 28.2. The van der Waals surface area contributed by atoms with Gasteiger partial charge in [-0.05, 0) is 109 Å². The molecule has 5 nitrogen and oxygen atoms in total. The van der Waals surface area contributed by atoms with Crippen molar-refractivity contribution in [1.29, 1.82) is 0 Å². The molecule has 8 bridgehead atoms. The molecule has 0 spiro atoms. The minimum Gasteiger partial charge on any atom is -0.397 e. The van der Waals surface area contributed by atoms with E-state index in [2.05, 4.69) is 227 Å². The number of hydrogen-bond acceptors (Lipinski definition) is 3. The van der Waals surface area contributed by atoms with Gasteiger partial charge in [-0.15, -0.1) is 0 Å². The Morgan fingerprint density at radius 2 is 0.615 bits per heavy atom. The van der Waals surface area contributed by atoms with Crippen LogP contribution in [0, 0.1) is 0 Å². The fraction of sp³-hybridized carbons (Fsp3) is 0.267. The van der Waals surface area contributed by atoms with Crippen molar-refractivity contribution >= 4 is 46.0 Å². The second kappa shape index (κ2) is 15.8. The highest BCUT2D eigenvalue weighted by molar-refractivity contribution is 6.01. The molecule has 328 valence electrons. The summed E-state index contributed by atoms with van der Waals surface area (Å²) in [6.45, 7) is 27.0. The molecule has 7 aromatic rings. The highest BCUT2D eigenvalue weighted by atomic mass is 14.8. The zero-order chi connectivity index (χ0) is 46.2. The Hall–Kier alpha value is -6.72. The van der Waals surface area contributed by atoms with E-state index in [9.17, 15) is 0 Å². The van der Waals surface area contributed by atoms with Gasteiger partial charge in [0, 0.05) is 44.3 Å². The molecule has 65 heavy (non-hydrogen) atoms. The Bertz CT molecular complexity index is 3180. The lowest BCUT2D eigenvalue weighted by Gasteiger charge is -2.19. The Morgan fingerprint density at radius 1 is 0.338 bits per heavy atom. The van der Waals surface area contributed by atoms with E-state index in [1.54, 1.807) is 0 Å². The molecule has 4 N–H and O–H groups in total. The van der Waals surface area contributed by atoms with Crippen LogP contribution in [0.4, 0.5) is 0 Å². The Kier molecular flexibility index (Phi) is 10.6. The van der Waals surface area contributed by atoms with Gasteiger partial charge in [0.15, 0.2) is 0 Å². The van der Waals surface area contributed by atoms with Gasteiger partial charge in [-0.25, -0.2) is 9.97 Å². The number of benzene rings is 4. The van der Waals surface area contributed by atoms with Crippen LogP contribution in [0.2, 0.25) is 0 Å². The standard InChI is InChI=1S/C60H63N5/c1-57(2,3)40-21-13-36(14-22-40)52-45-29-30-46(62-45)53(37-15-23-41(24-16-37)58(4,5)6)48-33-34-50(64-48)55(39-19-27-43(28-20-39)60(10,11)12)56-44(61)35-51(65-56)54(49-32-31-47(52)63-49)38-17-25-42(26-18-38)59(7,8)9/h13-35,63-64H,61H2,1-12H3. The highest BCUT2D eigenvalue weighted by Gasteiger charge is 2.24. The van der Waals surface area contributed by atoms with Gasteiger partial charge >= 0.3 is 0 Å². The lowest BCUT2D eigenvalue weighted by Crippen LogP contribution is -2.10. The Labute approximate surface area is 385 Å². The predicted octanol–water partition coefficient (Wildman–Crippen LogP) is 15.8. The van der Waals surface area contributed by atoms with Crippen LogP contribution in [0.25, 0.3) is 90.5 Å². The molecule has 2 aliphatic rings. The van der Waals surface area contributed by atoms with Crippen molar-refractivity contribution in [3.8, 4) is 44.5 Å². The van der Waals surface area contributed by atoms with E-state index in [4.69, 9.17) is 15.7 Å². The quantitative estimate of drug-likeness (QED) is 0.165. The summed E-state index contributed by atoms with van der Waals surface area (Å²) in [6, 6.07) is 44.5. The van der Waals surface area contributed by atoms with Gasteiger partial charge in [0.2, 0.25) is 0 Å². The van der Waals surface area contributed by atoms with E-state index >= 15 is 0 Å². The molecule has 2 aliphatic heterocycles. The van der Waals surface area contributed by atoms with Gasteiger partial charge in [0.05, 0.1) is 28.5 Å². The van der Waals surface area contributed by atoms with Crippen LogP contribution in [-0.2, 0) is 21.7 Å². The van der Waals surface area contributed by atoms with Crippen molar-refractivity contribution in [2.24, 2.45) is 5.73 Å². The molecule has 0 aliphatic carbocycles. The molecule has 0 saturated carbocycles. The third-order valence-electron chi connectivity index (χ3n) is 13.1. The molecule has 4 aromatic carbocycles. The summed E-state index contributed by atoms with van der Waals surface area (Å²) in [5.74, 6) is 0. The summed E-state index contributed by atoms with van der Waals surface area (Å²) < 4.78 is 0. The molecule has 0 saturated heterocycles. The van der Waals surface area contributed by atoms with E-state index in [0.717, 1.165) is 89.4 Å². The number of fused-ring (bicyclic) bond motifs is 8. The van der Waals surface area contributed by atoms with Gasteiger partial charge in [-0.1, -0.05) is 180 Å². The first-order valence-electron chi connectivity index (χ1n) is 23.0. The van der Waals surface area contributed by atoms with Crippen LogP contribution in [-0.4, -0.2) is 19.9 Å². The lowest BCUT2D eigenvalue weighted by atomic mass is 9.86. The zero-order valence-electron chi connectivity index (χ0n) is 40.3. The number of H-pyrrole nitrogens is 2. The van der Waals surface area contributed by atoms with Gasteiger partial charge in [0.25, 0.3) is 0 Å². The summed E-state index contributed by atoms with van der Waals surface area (Å²) >= 11 is 0. The summed E-state index contributed by atoms with van der Waals surface area (Å²) in [7, 11) is 0. The minimum atomic E-state index is 0.000291. The van der Waals surface area contributed by atoms with E-state index < -0.39 is 0 Å². The number of rotatable bonds is 4. The lowest BCUT2D eigenvalue weighted by molar-refractivity contribution is 0.590. The summed E-state index contributed by atoms with van der Waals surface area (Å²) in [5, 5.41) is 0. The van der Waals surface area contributed by atoms with Crippen molar-refractivity contribution < 1.29 is 0 Å². The maximum absolute atomic E-state index is 7.19. The number of aromatic nitrogens is 4. The van der Waals surface area contributed by atoms with Crippen molar-refractivity contribution in [2.45, 2.75) is 105 Å². The number of aromatic amines is 2. The Balaban J connectivity index is 1.43. The van der Waals surface area contributed by atoms with Crippen LogP contribution < -0.4 is 5.73 Å². The fourth-order valence-electron chi connectivity index (χ4n) is 9.07. The minimum absolute atomic E-state index is 0.000291. The SMILES string of the molecule is CC(C)(C)c1ccc(-c2c3nc(c(-c4ccc(C(C)(C)C)cc4)c4ccc([nH]4)c(-c4ccc(C(C)(C)C)cc4)c4nc(c(-c5ccc(C(C)(C)C)cc5)c5ccc2[nH]5)C=C4N)C=C3)cc1. The van der Waals surface area contributed by atoms with E-state index in [-0.39, 0.29) is 21.7 Å². The topological polar surface area (TPSA) is 83.4 Å². The van der Waals surface area contributed by atoms with Crippen molar-refractivity contribution in [2.75, 3.05) is 0 Å². The van der Waals surface area contributed by atoms with Crippen LogP contribution in [0.15, 0.2) is 121 Å². The third kappa shape index (κ3) is 8.41. The molecule has 5 heteroatoms. The smallest absolute Gasteiger partial charge is 0.0966 e. The van der Waals surface area contributed by atoms with E-state index in [1.807, 2.05) is 6.08 Å². The average molecular weight is 854 g/mol. The van der Waals surface area contributed by atoms with Crippen LogP contribution in [0.3, 0.4) is 0 Å². The highest BCUT2D eigenvalue weighted by Crippen LogP contribution is 2.41. The number of hydrogen-bond donors (Lipinski definition) is 3. The normalized spacial score (nSPS) is 13.3. The molecule has 0 atom stereocenters. The van der Waals surface area contributed by atoms with E-state index in [0.29, 0.717) is 5.70 Å². The van der Waals surface area contributed by atoms with Crippen LogP contribution in [0.1, 0.15) is 128 Å². The largest absolute Gasteiger partial charge is 0.397 e. The average Bonchev–Trinajstić information content (AvgIpc) is 4.08. The molecule has 3 aromatic heterocycles. The third-order valence-corrected chi connectivity index (χ3v) is 13.1. The maximum Gasteiger partial charge on any atom is 0.0966 e. The van der Waals surface area contributed by atoms with Gasteiger partial charge in [0.1, 0.15) is 0 Å². The molecule has 5 heterocycles. The molecule has 9 rings (SSSR count). The first-order chi connectivity index (χ1) is 30.6. The maximum atomic E-state index is 7.19. The molecule has 0 unspecified atom stereocenters. The molecule has 0 amide bonds. The van der Waals surface area contributed by atoms with Gasteiger partial charge < -0.3 is 15.7 Å². The molecular formula is C60H63N5. The van der Waals surface area contributed by atoms with Crippen molar-refractivity contribution in [3.05, 3.63) is 166 Å². The van der Waals surface area contributed by atoms with Crippen LogP contribution in [0.5, 0.6) is 0 Å². The summed E-state index contributed by atoms with van der Waals surface area (Å²) in [6.07, 6.45) is 6.38. The van der Waals surface area contributed by atoms with Gasteiger partial charge in [-0.2, -0.15) is 0 Å². The fourth-order valence-corrected chi connectivity index (χ4v) is 9.07. The number of nitrogens with zero attached hydrogens (tertiary/aromatic N) is 2. The van der Waals surface area contributed by atoms with Crippen molar-refractivity contribution in [1.82, 2.24) is 19.9 Å². The first-order valence-corrected chi connectivity index (χ1v) is 23.0. The molecule has 0 radical (unpaired) electrons. The Morgan fingerprint density at radius 3 is 0.923 bits per heavy atom. The number of nitrogens with one attached hydrogen (secondary N) is 2. The molecule has 0 fully saturated rings. The van der Waals surface area contributed by atoms with Crippen LogP contribution >= 0.6 is 0 Å².